The molecule has 1 aromatic heterocycles. The van der Waals surface area contributed by atoms with Gasteiger partial charge in [0.05, 0.1) is 7.11 Å². The third-order valence-electron chi connectivity index (χ3n) is 3.02. The Bertz CT molecular complexity index is 773. The number of carbonyl (C=O) groups excluding carboxylic acids is 1. The van der Waals surface area contributed by atoms with Crippen LogP contribution in [0.3, 0.4) is 0 Å². The number of benzene rings is 1. The minimum atomic E-state index is -3.36. The molecular weight excluding hydrogens is 304 g/mol. The van der Waals surface area contributed by atoms with Gasteiger partial charge in [-0.05, 0) is 29.8 Å². The molecule has 1 amide bonds. The number of ether oxygens (including phenoxy) is 1. The van der Waals surface area contributed by atoms with E-state index in [4.69, 9.17) is 4.74 Å². The minimum Gasteiger partial charge on any atom is -0.495 e. The van der Waals surface area contributed by atoms with Crippen LogP contribution in [0.15, 0.2) is 47.6 Å². The summed E-state index contributed by atoms with van der Waals surface area (Å²) in [6.07, 6.45) is 4.20. The first-order valence-corrected chi connectivity index (χ1v) is 8.36. The zero-order valence-corrected chi connectivity index (χ0v) is 13.1. The number of hydrogen-bond donors (Lipinski definition) is 1. The van der Waals surface area contributed by atoms with Gasteiger partial charge in [0, 0.05) is 30.8 Å². The second-order valence-corrected chi connectivity index (χ2v) is 6.66. The van der Waals surface area contributed by atoms with Crippen molar-refractivity contribution in [2.45, 2.75) is 11.4 Å². The maximum Gasteiger partial charge on any atom is 0.251 e. The largest absolute Gasteiger partial charge is 0.495 e. The van der Waals surface area contributed by atoms with Crippen molar-refractivity contribution >= 4 is 15.7 Å². The Morgan fingerprint density at radius 1 is 1.23 bits per heavy atom. The van der Waals surface area contributed by atoms with Crippen LogP contribution < -0.4 is 10.1 Å². The zero-order valence-electron chi connectivity index (χ0n) is 12.2. The fraction of sp³-hybridized carbons (Fsp3) is 0.200. The molecule has 22 heavy (non-hydrogen) atoms. The molecule has 0 bridgehead atoms. The van der Waals surface area contributed by atoms with Crippen molar-refractivity contribution in [3.63, 3.8) is 0 Å². The average molecular weight is 320 g/mol. The predicted molar refractivity (Wildman–Crippen MR) is 81.5 cm³/mol. The molecule has 1 aromatic carbocycles. The van der Waals surface area contributed by atoms with Crippen molar-refractivity contribution < 1.29 is 17.9 Å². The smallest absolute Gasteiger partial charge is 0.251 e. The maximum atomic E-state index is 11.9. The summed E-state index contributed by atoms with van der Waals surface area (Å²) in [5, 5.41) is 2.75. The zero-order chi connectivity index (χ0) is 16.2. The van der Waals surface area contributed by atoms with Crippen LogP contribution in [0.5, 0.6) is 5.75 Å². The number of hydrogen-bond acceptors (Lipinski definition) is 5. The summed E-state index contributed by atoms with van der Waals surface area (Å²) in [6, 6.07) is 7.95. The Labute approximate surface area is 129 Å². The summed E-state index contributed by atoms with van der Waals surface area (Å²) in [5.41, 5.74) is 1.25. The van der Waals surface area contributed by atoms with E-state index in [1.54, 1.807) is 36.7 Å². The molecular formula is C15H16N2O4S. The quantitative estimate of drug-likeness (QED) is 0.900. The Kier molecular flexibility index (Phi) is 4.77. The molecule has 0 unspecified atom stereocenters. The first-order chi connectivity index (χ1) is 10.4. The molecule has 0 saturated carbocycles. The van der Waals surface area contributed by atoms with Crippen molar-refractivity contribution in [1.29, 1.82) is 0 Å². The predicted octanol–water partition coefficient (Wildman–Crippen LogP) is 1.42. The molecule has 116 valence electrons. The van der Waals surface area contributed by atoms with Gasteiger partial charge >= 0.3 is 0 Å². The van der Waals surface area contributed by atoms with E-state index in [0.29, 0.717) is 5.56 Å². The van der Waals surface area contributed by atoms with E-state index in [9.17, 15) is 13.2 Å². The van der Waals surface area contributed by atoms with Crippen LogP contribution in [0, 0.1) is 0 Å². The Morgan fingerprint density at radius 2 is 1.91 bits per heavy atom. The Morgan fingerprint density at radius 3 is 2.50 bits per heavy atom. The topological polar surface area (TPSA) is 85.4 Å². The van der Waals surface area contributed by atoms with E-state index < -0.39 is 9.84 Å². The third kappa shape index (κ3) is 3.82. The molecule has 0 saturated heterocycles. The highest BCUT2D eigenvalue weighted by Crippen LogP contribution is 2.24. The van der Waals surface area contributed by atoms with E-state index in [-0.39, 0.29) is 23.1 Å². The van der Waals surface area contributed by atoms with Crippen LogP contribution in [0.4, 0.5) is 0 Å². The number of rotatable bonds is 5. The van der Waals surface area contributed by atoms with Gasteiger partial charge in [-0.25, -0.2) is 8.42 Å². The van der Waals surface area contributed by atoms with Gasteiger partial charge in [-0.1, -0.05) is 6.07 Å². The van der Waals surface area contributed by atoms with Gasteiger partial charge in [0.15, 0.2) is 9.84 Å². The van der Waals surface area contributed by atoms with Gasteiger partial charge < -0.3 is 10.1 Å². The molecule has 0 aliphatic heterocycles. The van der Waals surface area contributed by atoms with Crippen molar-refractivity contribution in [3.05, 3.63) is 53.9 Å². The van der Waals surface area contributed by atoms with Gasteiger partial charge in [0.25, 0.3) is 5.91 Å². The van der Waals surface area contributed by atoms with Crippen LogP contribution in [0.25, 0.3) is 0 Å². The molecule has 1 heterocycles. The number of pyridine rings is 1. The third-order valence-corrected chi connectivity index (χ3v) is 4.16. The lowest BCUT2D eigenvalue weighted by atomic mass is 10.2. The van der Waals surface area contributed by atoms with Gasteiger partial charge in [-0.15, -0.1) is 0 Å². The lowest BCUT2D eigenvalue weighted by Gasteiger charge is -2.10. The lowest BCUT2D eigenvalue weighted by molar-refractivity contribution is 0.0950. The van der Waals surface area contributed by atoms with E-state index in [0.717, 1.165) is 11.8 Å². The first kappa shape index (κ1) is 16.0. The fourth-order valence-electron chi connectivity index (χ4n) is 1.92. The average Bonchev–Trinajstić information content (AvgIpc) is 2.52. The Hall–Kier alpha value is -2.41. The first-order valence-electron chi connectivity index (χ1n) is 6.47. The molecule has 0 spiro atoms. The highest BCUT2D eigenvalue weighted by Gasteiger charge is 2.14. The number of amides is 1. The second kappa shape index (κ2) is 6.57. The standard InChI is InChI=1S/C15H16N2O4S/c1-21-13-9-11(3-4-14(13)22(2,19)20)10-17-15(18)12-5-7-16-8-6-12/h3-9H,10H2,1-2H3,(H,17,18). The number of nitrogens with one attached hydrogen (secondary N) is 1. The van der Waals surface area contributed by atoms with Crippen LogP contribution in [-0.2, 0) is 16.4 Å². The molecule has 0 radical (unpaired) electrons. The maximum absolute atomic E-state index is 11.9. The fourth-order valence-corrected chi connectivity index (χ4v) is 2.74. The highest BCUT2D eigenvalue weighted by molar-refractivity contribution is 7.90. The molecule has 2 aromatic rings. The normalized spacial score (nSPS) is 11.0. The van der Waals surface area contributed by atoms with Crippen molar-refractivity contribution in [3.8, 4) is 5.75 Å². The molecule has 0 aliphatic carbocycles. The molecule has 0 aliphatic rings. The number of aromatic nitrogens is 1. The molecule has 6 nitrogen and oxygen atoms in total. The van der Waals surface area contributed by atoms with E-state index >= 15 is 0 Å². The monoisotopic (exact) mass is 320 g/mol. The van der Waals surface area contributed by atoms with Gasteiger partial charge in [0.1, 0.15) is 10.6 Å². The van der Waals surface area contributed by atoms with Crippen molar-refractivity contribution in [2.24, 2.45) is 0 Å². The van der Waals surface area contributed by atoms with Crippen molar-refractivity contribution in [2.75, 3.05) is 13.4 Å². The van der Waals surface area contributed by atoms with E-state index in [1.165, 1.54) is 13.2 Å². The summed E-state index contributed by atoms with van der Waals surface area (Å²) in [4.78, 5) is 15.9. The van der Waals surface area contributed by atoms with Crippen LogP contribution in [-0.4, -0.2) is 32.7 Å². The number of nitrogens with zero attached hydrogens (tertiary/aromatic N) is 1. The summed E-state index contributed by atoms with van der Waals surface area (Å²) in [7, 11) is -1.95. The Balaban J connectivity index is 2.13. The van der Waals surface area contributed by atoms with Crippen molar-refractivity contribution in [1.82, 2.24) is 10.3 Å². The molecule has 0 fully saturated rings. The van der Waals surface area contributed by atoms with Gasteiger partial charge in [-0.2, -0.15) is 0 Å². The summed E-state index contributed by atoms with van der Waals surface area (Å²) in [5.74, 6) is 0.0340. The van der Waals surface area contributed by atoms with Gasteiger partial charge in [0.2, 0.25) is 0 Å². The lowest BCUT2D eigenvalue weighted by Crippen LogP contribution is -2.22. The van der Waals surface area contributed by atoms with Crippen LogP contribution >= 0.6 is 0 Å². The van der Waals surface area contributed by atoms with E-state index in [1.807, 2.05) is 0 Å². The number of methoxy groups -OCH3 is 1. The number of carbonyl (C=O) groups is 1. The van der Waals surface area contributed by atoms with E-state index in [2.05, 4.69) is 10.3 Å². The summed E-state index contributed by atoms with van der Waals surface area (Å²) < 4.78 is 28.3. The van der Waals surface area contributed by atoms with Crippen LogP contribution in [0.1, 0.15) is 15.9 Å². The SMILES string of the molecule is COc1cc(CNC(=O)c2ccncc2)ccc1S(C)(=O)=O. The number of sulfone groups is 1. The van der Waals surface area contributed by atoms with Gasteiger partial charge in [-0.3, -0.25) is 9.78 Å². The van der Waals surface area contributed by atoms with Crippen LogP contribution in [0.2, 0.25) is 0 Å². The molecule has 1 N–H and O–H groups in total. The summed E-state index contributed by atoms with van der Waals surface area (Å²) >= 11 is 0. The molecule has 0 atom stereocenters. The molecule has 2 rings (SSSR count). The summed E-state index contributed by atoms with van der Waals surface area (Å²) in [6.45, 7) is 0.265. The minimum absolute atomic E-state index is 0.124. The highest BCUT2D eigenvalue weighted by atomic mass is 32.2. The molecule has 7 heteroatoms. The second-order valence-electron chi connectivity index (χ2n) is 4.68.